The normalized spacial score (nSPS) is 25.9. The molecule has 2 aliphatic rings. The number of fused-ring (bicyclic) bond motifs is 1. The highest BCUT2D eigenvalue weighted by Gasteiger charge is 2.35. The maximum absolute atomic E-state index is 9.25. The first kappa shape index (κ1) is 17.9. The molecule has 0 aliphatic carbocycles. The summed E-state index contributed by atoms with van der Waals surface area (Å²) >= 11 is 1.30. The summed E-state index contributed by atoms with van der Waals surface area (Å²) in [6, 6.07) is 8.12. The van der Waals surface area contributed by atoms with E-state index in [1.165, 1.54) is 16.7 Å². The van der Waals surface area contributed by atoms with E-state index >= 15 is 0 Å². The van der Waals surface area contributed by atoms with Crippen LogP contribution in [0.25, 0.3) is 0 Å². The molecule has 3 rings (SSSR count). The molecular formula is C18H24N4O2S. The van der Waals surface area contributed by atoms with Crippen LogP contribution in [0.1, 0.15) is 19.8 Å². The van der Waals surface area contributed by atoms with Gasteiger partial charge < -0.3 is 9.47 Å². The summed E-state index contributed by atoms with van der Waals surface area (Å²) in [5, 5.41) is 17.4. The summed E-state index contributed by atoms with van der Waals surface area (Å²) in [6.07, 6.45) is 5.87. The number of piperidine rings is 1. The zero-order chi connectivity index (χ0) is 17.8. The molecule has 0 bridgehead atoms. The number of hydrogen-bond acceptors (Lipinski definition) is 6. The standard InChI is InChI=1S/C18H24N4O2S/c1-13-9-14(10-21(12-19)18(20)25-2)7-8-22(13)17-11-23-15-5-3-4-6-16(15)24-17/h3-6,13-14,17,20H,7-11H2,1-2H3. The van der Waals surface area contributed by atoms with Crippen molar-refractivity contribution in [2.24, 2.45) is 5.92 Å². The molecule has 1 N–H and O–H groups in total. The lowest BCUT2D eigenvalue weighted by Gasteiger charge is -2.43. The molecule has 0 aromatic heterocycles. The van der Waals surface area contributed by atoms with Gasteiger partial charge in [0.1, 0.15) is 6.61 Å². The third-order valence-corrected chi connectivity index (χ3v) is 5.51. The van der Waals surface area contributed by atoms with Gasteiger partial charge in [-0.15, -0.1) is 0 Å². The third kappa shape index (κ3) is 4.02. The summed E-state index contributed by atoms with van der Waals surface area (Å²) in [7, 11) is 0. The van der Waals surface area contributed by atoms with Crippen LogP contribution in [0, 0.1) is 22.8 Å². The van der Waals surface area contributed by atoms with Gasteiger partial charge in [0.2, 0.25) is 0 Å². The van der Waals surface area contributed by atoms with Crippen LogP contribution >= 0.6 is 11.8 Å². The second-order valence-electron chi connectivity index (χ2n) is 6.53. The van der Waals surface area contributed by atoms with E-state index in [0.717, 1.165) is 30.9 Å². The Morgan fingerprint density at radius 1 is 1.44 bits per heavy atom. The Balaban J connectivity index is 1.58. The van der Waals surface area contributed by atoms with E-state index in [1.807, 2.05) is 30.5 Å². The van der Waals surface area contributed by atoms with Crippen molar-refractivity contribution in [3.8, 4) is 17.7 Å². The first-order chi connectivity index (χ1) is 12.1. The van der Waals surface area contributed by atoms with E-state index in [-0.39, 0.29) is 6.23 Å². The lowest BCUT2D eigenvalue weighted by Crippen LogP contribution is -2.53. The predicted octanol–water partition coefficient (Wildman–Crippen LogP) is 2.97. The fourth-order valence-corrected chi connectivity index (χ4v) is 3.93. The van der Waals surface area contributed by atoms with Crippen molar-refractivity contribution in [2.45, 2.75) is 32.0 Å². The summed E-state index contributed by atoms with van der Waals surface area (Å²) in [6.45, 7) is 4.27. The molecule has 1 aromatic carbocycles. The van der Waals surface area contributed by atoms with Crippen LogP contribution in [0.5, 0.6) is 11.5 Å². The van der Waals surface area contributed by atoms with E-state index in [0.29, 0.717) is 30.3 Å². The molecule has 1 aromatic rings. The van der Waals surface area contributed by atoms with Crippen molar-refractivity contribution in [1.82, 2.24) is 9.80 Å². The zero-order valence-corrected chi connectivity index (χ0v) is 15.5. The van der Waals surface area contributed by atoms with E-state index in [1.54, 1.807) is 0 Å². The lowest BCUT2D eigenvalue weighted by molar-refractivity contribution is -0.0672. The second kappa shape index (κ2) is 7.98. The quantitative estimate of drug-likeness (QED) is 0.387. The molecule has 3 unspecified atom stereocenters. The maximum atomic E-state index is 9.25. The topological polar surface area (TPSA) is 72.6 Å². The van der Waals surface area contributed by atoms with Gasteiger partial charge in [-0.1, -0.05) is 23.9 Å². The molecule has 0 radical (unpaired) electrons. The van der Waals surface area contributed by atoms with E-state index in [9.17, 15) is 5.26 Å². The van der Waals surface area contributed by atoms with Gasteiger partial charge in [0.05, 0.1) is 0 Å². The zero-order valence-electron chi connectivity index (χ0n) is 14.6. The van der Waals surface area contributed by atoms with Gasteiger partial charge in [-0.05, 0) is 44.1 Å². The first-order valence-electron chi connectivity index (χ1n) is 8.56. The monoisotopic (exact) mass is 360 g/mol. The van der Waals surface area contributed by atoms with Crippen LogP contribution in [0.15, 0.2) is 24.3 Å². The van der Waals surface area contributed by atoms with Crippen molar-refractivity contribution in [3.05, 3.63) is 24.3 Å². The van der Waals surface area contributed by atoms with Gasteiger partial charge in [-0.25, -0.2) is 0 Å². The Kier molecular flexibility index (Phi) is 5.71. The molecule has 2 aliphatic heterocycles. The van der Waals surface area contributed by atoms with Crippen LogP contribution in [0.3, 0.4) is 0 Å². The Labute approximate surface area is 153 Å². The van der Waals surface area contributed by atoms with E-state index in [4.69, 9.17) is 14.9 Å². The molecule has 6 nitrogen and oxygen atoms in total. The number of rotatable bonds is 3. The second-order valence-corrected chi connectivity index (χ2v) is 7.32. The van der Waals surface area contributed by atoms with Crippen molar-refractivity contribution >= 4 is 16.9 Å². The van der Waals surface area contributed by atoms with Gasteiger partial charge in [-0.2, -0.15) is 5.26 Å². The van der Waals surface area contributed by atoms with E-state index in [2.05, 4.69) is 18.0 Å². The number of amidine groups is 1. The highest BCUT2D eigenvalue weighted by atomic mass is 32.2. The van der Waals surface area contributed by atoms with E-state index < -0.39 is 0 Å². The molecule has 134 valence electrons. The van der Waals surface area contributed by atoms with Crippen LogP contribution in [-0.2, 0) is 0 Å². The number of benzene rings is 1. The Morgan fingerprint density at radius 2 is 2.20 bits per heavy atom. The third-order valence-electron chi connectivity index (χ3n) is 4.90. The number of para-hydroxylation sites is 2. The fraction of sp³-hybridized carbons (Fsp3) is 0.556. The van der Waals surface area contributed by atoms with Crippen molar-refractivity contribution in [2.75, 3.05) is 26.0 Å². The van der Waals surface area contributed by atoms with Crippen LogP contribution in [0.2, 0.25) is 0 Å². The number of thioether (sulfide) groups is 1. The Hall–Kier alpha value is -1.91. The number of nitrogens with one attached hydrogen (secondary N) is 1. The minimum absolute atomic E-state index is 0.0672. The average molecular weight is 360 g/mol. The van der Waals surface area contributed by atoms with Gasteiger partial charge in [-0.3, -0.25) is 15.2 Å². The Bertz CT molecular complexity index is 663. The molecular weight excluding hydrogens is 336 g/mol. The maximum Gasteiger partial charge on any atom is 0.187 e. The molecule has 1 saturated heterocycles. The minimum Gasteiger partial charge on any atom is -0.484 e. The van der Waals surface area contributed by atoms with Crippen LogP contribution in [0.4, 0.5) is 0 Å². The first-order valence-corrected chi connectivity index (χ1v) is 9.79. The predicted molar refractivity (Wildman–Crippen MR) is 98.8 cm³/mol. The van der Waals surface area contributed by atoms with Crippen LogP contribution in [-0.4, -0.2) is 53.2 Å². The van der Waals surface area contributed by atoms with Crippen LogP contribution < -0.4 is 9.47 Å². The molecule has 0 spiro atoms. The van der Waals surface area contributed by atoms with Gasteiger partial charge in [0.25, 0.3) is 0 Å². The summed E-state index contributed by atoms with van der Waals surface area (Å²) in [5.41, 5.74) is 0. The molecule has 0 saturated carbocycles. The molecule has 3 atom stereocenters. The highest BCUT2D eigenvalue weighted by molar-refractivity contribution is 8.13. The summed E-state index contributed by atoms with van der Waals surface area (Å²) < 4.78 is 12.0. The van der Waals surface area contributed by atoms with Gasteiger partial charge in [0.15, 0.2) is 29.1 Å². The molecule has 0 amide bonds. The number of likely N-dealkylation sites (tertiary alicyclic amines) is 1. The molecule has 1 fully saturated rings. The number of hydrogen-bond donors (Lipinski definition) is 1. The fourth-order valence-electron chi connectivity index (χ4n) is 3.59. The number of ether oxygens (including phenoxy) is 2. The smallest absolute Gasteiger partial charge is 0.187 e. The number of nitrogens with zero attached hydrogens (tertiary/aromatic N) is 3. The highest BCUT2D eigenvalue weighted by Crippen LogP contribution is 2.34. The van der Waals surface area contributed by atoms with Gasteiger partial charge >= 0.3 is 0 Å². The average Bonchev–Trinajstić information content (AvgIpc) is 2.65. The van der Waals surface area contributed by atoms with Crippen molar-refractivity contribution in [1.29, 1.82) is 10.7 Å². The van der Waals surface area contributed by atoms with Crippen molar-refractivity contribution in [3.63, 3.8) is 0 Å². The number of nitriles is 1. The Morgan fingerprint density at radius 3 is 2.88 bits per heavy atom. The largest absolute Gasteiger partial charge is 0.484 e. The lowest BCUT2D eigenvalue weighted by atomic mass is 9.91. The molecule has 2 heterocycles. The van der Waals surface area contributed by atoms with Gasteiger partial charge in [0, 0.05) is 19.1 Å². The minimum atomic E-state index is -0.0672. The molecule has 25 heavy (non-hydrogen) atoms. The summed E-state index contributed by atoms with van der Waals surface area (Å²) in [5.74, 6) is 2.02. The van der Waals surface area contributed by atoms with Crippen molar-refractivity contribution < 1.29 is 9.47 Å². The molecule has 7 heteroatoms. The summed E-state index contributed by atoms with van der Waals surface area (Å²) in [4.78, 5) is 3.84. The SMILES string of the molecule is CSC(=N)N(C#N)CC1CCN(C2COc3ccccc3O2)C(C)C1.